The smallest absolute Gasteiger partial charge is 0.320 e. The minimum atomic E-state index is -1.02. The van der Waals surface area contributed by atoms with E-state index in [0.717, 1.165) is 32.8 Å². The van der Waals surface area contributed by atoms with E-state index in [1.165, 1.54) is 14.2 Å². The van der Waals surface area contributed by atoms with Crippen LogP contribution in [0.2, 0.25) is 0 Å². The van der Waals surface area contributed by atoms with Crippen molar-refractivity contribution in [1.29, 1.82) is 0 Å². The number of hydrogen-bond donors (Lipinski definition) is 1. The summed E-state index contributed by atoms with van der Waals surface area (Å²) >= 11 is 1.12. The number of carbonyl (C=O) groups is 3. The summed E-state index contributed by atoms with van der Waals surface area (Å²) in [5, 5.41) is 3.28. The summed E-state index contributed by atoms with van der Waals surface area (Å²) in [6, 6.07) is 21.7. The number of methoxy groups -OCH3 is 2. The van der Waals surface area contributed by atoms with E-state index in [2.05, 4.69) is 5.32 Å². The van der Waals surface area contributed by atoms with Gasteiger partial charge in [0, 0.05) is 29.9 Å². The summed E-state index contributed by atoms with van der Waals surface area (Å²) in [6.45, 7) is 0.946. The van der Waals surface area contributed by atoms with Gasteiger partial charge >= 0.3 is 16.8 Å². The molecular formula is C28H26N2O6S. The number of anilines is 1. The number of aromatic nitrogens is 1. The topological polar surface area (TPSA) is 104 Å². The third-order valence-electron chi connectivity index (χ3n) is 6.00. The van der Waals surface area contributed by atoms with Gasteiger partial charge in [-0.2, -0.15) is 0 Å². The van der Waals surface area contributed by atoms with Crippen LogP contribution in [0.15, 0.2) is 77.6 Å². The number of ketones is 1. The van der Waals surface area contributed by atoms with Crippen molar-refractivity contribution in [2.75, 3.05) is 26.1 Å². The van der Waals surface area contributed by atoms with E-state index in [1.807, 2.05) is 48.5 Å². The molecule has 0 fully saturated rings. The van der Waals surface area contributed by atoms with Crippen molar-refractivity contribution in [1.82, 2.24) is 4.57 Å². The van der Waals surface area contributed by atoms with Crippen molar-refractivity contribution < 1.29 is 23.9 Å². The fourth-order valence-electron chi connectivity index (χ4n) is 4.03. The van der Waals surface area contributed by atoms with Gasteiger partial charge in [0.25, 0.3) is 0 Å². The van der Waals surface area contributed by atoms with Gasteiger partial charge in [0.15, 0.2) is 11.7 Å². The molecule has 1 aromatic heterocycles. The summed E-state index contributed by atoms with van der Waals surface area (Å²) in [5.74, 6) is -2.38. The van der Waals surface area contributed by atoms with E-state index >= 15 is 0 Å². The first-order chi connectivity index (χ1) is 17.9. The minimum Gasteiger partial charge on any atom is -0.468 e. The Morgan fingerprint density at radius 3 is 2.22 bits per heavy atom. The Hall–Kier alpha value is -4.24. The van der Waals surface area contributed by atoms with Crippen molar-refractivity contribution >= 4 is 45.0 Å². The lowest BCUT2D eigenvalue weighted by atomic mass is 9.99. The summed E-state index contributed by atoms with van der Waals surface area (Å²) < 4.78 is 11.9. The highest BCUT2D eigenvalue weighted by Crippen LogP contribution is 2.21. The number of rotatable bonds is 10. The molecule has 1 N–H and O–H groups in total. The van der Waals surface area contributed by atoms with Crippen molar-refractivity contribution in [3.8, 4) is 0 Å². The Balaban J connectivity index is 1.40. The summed E-state index contributed by atoms with van der Waals surface area (Å²) in [4.78, 5) is 49.1. The maximum Gasteiger partial charge on any atom is 0.320 e. The van der Waals surface area contributed by atoms with E-state index in [0.29, 0.717) is 24.2 Å². The second-order valence-electron chi connectivity index (χ2n) is 8.32. The predicted octanol–water partition coefficient (Wildman–Crippen LogP) is 3.91. The highest BCUT2D eigenvalue weighted by atomic mass is 32.1. The maximum atomic E-state index is 12.8. The monoisotopic (exact) mass is 518 g/mol. The predicted molar refractivity (Wildman–Crippen MR) is 142 cm³/mol. The van der Waals surface area contributed by atoms with Crippen molar-refractivity contribution in [2.45, 2.75) is 13.0 Å². The first-order valence-electron chi connectivity index (χ1n) is 11.6. The lowest BCUT2D eigenvalue weighted by Gasteiger charge is -2.13. The van der Waals surface area contributed by atoms with Crippen LogP contribution in [0.5, 0.6) is 0 Å². The molecule has 0 saturated carbocycles. The molecule has 0 aliphatic rings. The van der Waals surface area contributed by atoms with Crippen LogP contribution in [-0.2, 0) is 32.0 Å². The molecule has 0 amide bonds. The standard InChI is InChI=1S/C28H26N2O6S/c1-35-26(32)22(27(33)36-2)16-18-8-11-21(12-9-18)29-14-15-30-23-13-10-20(17-24(23)37-28(30)34)25(31)19-6-4-3-5-7-19/h3-13,17,22,29H,14-16H2,1-2H3. The molecule has 0 aliphatic heterocycles. The average Bonchev–Trinajstić information content (AvgIpc) is 3.25. The molecule has 37 heavy (non-hydrogen) atoms. The Morgan fingerprint density at radius 1 is 0.892 bits per heavy atom. The Kier molecular flexibility index (Phi) is 8.15. The highest BCUT2D eigenvalue weighted by molar-refractivity contribution is 7.16. The fraction of sp³-hybridized carbons (Fsp3) is 0.214. The largest absolute Gasteiger partial charge is 0.468 e. The lowest BCUT2D eigenvalue weighted by molar-refractivity contribution is -0.158. The van der Waals surface area contributed by atoms with Crippen molar-refractivity contribution in [3.05, 3.63) is 99.2 Å². The highest BCUT2D eigenvalue weighted by Gasteiger charge is 2.28. The van der Waals surface area contributed by atoms with Gasteiger partial charge in [0.1, 0.15) is 0 Å². The number of hydrogen-bond acceptors (Lipinski definition) is 8. The van der Waals surface area contributed by atoms with Crippen LogP contribution in [0.1, 0.15) is 21.5 Å². The van der Waals surface area contributed by atoms with Crippen LogP contribution in [0.25, 0.3) is 10.2 Å². The molecule has 0 bridgehead atoms. The van der Waals surface area contributed by atoms with Gasteiger partial charge in [0.05, 0.1) is 24.4 Å². The molecule has 1 heterocycles. The Bertz CT molecular complexity index is 1460. The van der Waals surface area contributed by atoms with E-state index in [9.17, 15) is 19.2 Å². The van der Waals surface area contributed by atoms with E-state index in [4.69, 9.17) is 9.47 Å². The molecule has 0 spiro atoms. The average molecular weight is 519 g/mol. The summed E-state index contributed by atoms with van der Waals surface area (Å²) in [6.07, 6.45) is 0.171. The SMILES string of the molecule is COC(=O)C(Cc1ccc(NCCn2c(=O)sc3cc(C(=O)c4ccccc4)ccc32)cc1)C(=O)OC. The molecule has 0 unspecified atom stereocenters. The molecule has 8 nitrogen and oxygen atoms in total. The number of benzene rings is 3. The minimum absolute atomic E-state index is 0.0792. The van der Waals surface area contributed by atoms with Crippen LogP contribution >= 0.6 is 11.3 Å². The molecule has 0 aliphatic carbocycles. The van der Waals surface area contributed by atoms with E-state index in [1.54, 1.807) is 28.8 Å². The number of esters is 2. The van der Waals surface area contributed by atoms with Gasteiger partial charge in [-0.05, 0) is 42.3 Å². The third kappa shape index (κ3) is 5.95. The van der Waals surface area contributed by atoms with Gasteiger partial charge in [-0.25, -0.2) is 0 Å². The molecule has 190 valence electrons. The van der Waals surface area contributed by atoms with Crippen LogP contribution < -0.4 is 10.2 Å². The number of nitrogens with one attached hydrogen (secondary N) is 1. The number of nitrogens with zero attached hydrogens (tertiary/aromatic N) is 1. The van der Waals surface area contributed by atoms with Gasteiger partial charge in [-0.1, -0.05) is 53.8 Å². The van der Waals surface area contributed by atoms with Crippen LogP contribution in [0.3, 0.4) is 0 Å². The van der Waals surface area contributed by atoms with Crippen molar-refractivity contribution in [2.24, 2.45) is 5.92 Å². The molecule has 4 aromatic rings. The van der Waals surface area contributed by atoms with Crippen LogP contribution in [0, 0.1) is 5.92 Å². The zero-order chi connectivity index (χ0) is 26.4. The van der Waals surface area contributed by atoms with Gasteiger partial charge in [0.2, 0.25) is 0 Å². The van der Waals surface area contributed by atoms with E-state index in [-0.39, 0.29) is 17.1 Å². The first-order valence-corrected chi connectivity index (χ1v) is 12.4. The second-order valence-corrected chi connectivity index (χ2v) is 9.32. The second kappa shape index (κ2) is 11.7. The molecule has 4 rings (SSSR count). The van der Waals surface area contributed by atoms with E-state index < -0.39 is 17.9 Å². The molecular weight excluding hydrogens is 492 g/mol. The normalized spacial score (nSPS) is 10.9. The fourth-order valence-corrected chi connectivity index (χ4v) is 4.99. The molecule has 0 radical (unpaired) electrons. The number of thiazole rings is 1. The van der Waals surface area contributed by atoms with Gasteiger partial charge < -0.3 is 14.8 Å². The lowest BCUT2D eigenvalue weighted by Crippen LogP contribution is -2.28. The van der Waals surface area contributed by atoms with Crippen molar-refractivity contribution in [3.63, 3.8) is 0 Å². The maximum absolute atomic E-state index is 12.8. The molecule has 3 aromatic carbocycles. The quantitative estimate of drug-likeness (QED) is 0.193. The zero-order valence-electron chi connectivity index (χ0n) is 20.4. The van der Waals surface area contributed by atoms with Crippen LogP contribution in [-0.4, -0.2) is 43.1 Å². The Labute approximate surface area is 217 Å². The summed E-state index contributed by atoms with van der Waals surface area (Å²) in [5.41, 5.74) is 3.56. The number of fused-ring (bicyclic) bond motifs is 1. The summed E-state index contributed by atoms with van der Waals surface area (Å²) in [7, 11) is 2.47. The zero-order valence-corrected chi connectivity index (χ0v) is 21.2. The third-order valence-corrected chi connectivity index (χ3v) is 6.94. The van der Waals surface area contributed by atoms with Crippen LogP contribution in [0.4, 0.5) is 5.69 Å². The molecule has 9 heteroatoms. The van der Waals surface area contributed by atoms with Gasteiger partial charge in [-0.15, -0.1) is 0 Å². The molecule has 0 atom stereocenters. The number of ether oxygens (including phenoxy) is 2. The first kappa shape index (κ1) is 25.8. The van der Waals surface area contributed by atoms with Gasteiger partial charge in [-0.3, -0.25) is 23.7 Å². The Morgan fingerprint density at radius 2 is 1.57 bits per heavy atom. The number of carbonyl (C=O) groups excluding carboxylic acids is 3. The molecule has 0 saturated heterocycles.